The summed E-state index contributed by atoms with van der Waals surface area (Å²) in [6, 6.07) is 5.67. The average molecular weight is 300 g/mol. The molecule has 0 bridgehead atoms. The fourth-order valence-electron chi connectivity index (χ4n) is 2.05. The lowest BCUT2D eigenvalue weighted by Crippen LogP contribution is -2.52. The number of halogens is 1. The van der Waals surface area contributed by atoms with Crippen LogP contribution in [0.1, 0.15) is 19.4 Å². The number of rotatable bonds is 2. The maximum atomic E-state index is 9.47. The standard InChI is InChI=1S/C13H18BrNO2/c1-13(2)9-17-6-5-15(13)8-10-3-4-12(16)11(14)7-10/h3-4,7,16H,5-6,8-9H2,1-2H3. The second-order valence-corrected chi connectivity index (χ2v) is 5.93. The van der Waals surface area contributed by atoms with E-state index in [1.165, 1.54) is 5.56 Å². The molecule has 0 aliphatic carbocycles. The van der Waals surface area contributed by atoms with Gasteiger partial charge in [-0.05, 0) is 47.5 Å². The number of aromatic hydroxyl groups is 1. The van der Waals surface area contributed by atoms with E-state index in [1.54, 1.807) is 6.07 Å². The van der Waals surface area contributed by atoms with Gasteiger partial charge in [-0.15, -0.1) is 0 Å². The van der Waals surface area contributed by atoms with Gasteiger partial charge in [0.25, 0.3) is 0 Å². The van der Waals surface area contributed by atoms with E-state index in [1.807, 2.05) is 12.1 Å². The number of nitrogens with zero attached hydrogens (tertiary/aromatic N) is 1. The lowest BCUT2D eigenvalue weighted by Gasteiger charge is -2.42. The number of hydrogen-bond acceptors (Lipinski definition) is 3. The first-order chi connectivity index (χ1) is 7.99. The molecule has 1 aliphatic rings. The predicted octanol–water partition coefficient (Wildman–Crippen LogP) is 2.77. The molecule has 0 radical (unpaired) electrons. The van der Waals surface area contributed by atoms with Crippen molar-refractivity contribution in [3.63, 3.8) is 0 Å². The largest absolute Gasteiger partial charge is 0.507 e. The van der Waals surface area contributed by atoms with Crippen LogP contribution in [0.3, 0.4) is 0 Å². The minimum atomic E-state index is 0.0720. The maximum Gasteiger partial charge on any atom is 0.129 e. The van der Waals surface area contributed by atoms with Crippen molar-refractivity contribution >= 4 is 15.9 Å². The Morgan fingerprint density at radius 3 is 2.88 bits per heavy atom. The molecule has 1 aliphatic heterocycles. The van der Waals surface area contributed by atoms with Gasteiger partial charge in [0, 0.05) is 18.6 Å². The highest BCUT2D eigenvalue weighted by Crippen LogP contribution is 2.27. The molecule has 0 saturated carbocycles. The molecule has 1 fully saturated rings. The fraction of sp³-hybridized carbons (Fsp3) is 0.538. The molecule has 1 aromatic rings. The average Bonchev–Trinajstić information content (AvgIpc) is 2.26. The first-order valence-corrected chi connectivity index (χ1v) is 6.58. The molecule has 1 N–H and O–H groups in total. The van der Waals surface area contributed by atoms with Gasteiger partial charge in [-0.2, -0.15) is 0 Å². The molecule has 0 unspecified atom stereocenters. The van der Waals surface area contributed by atoms with Crippen LogP contribution in [0.5, 0.6) is 5.75 Å². The van der Waals surface area contributed by atoms with Gasteiger partial charge in [0.15, 0.2) is 0 Å². The van der Waals surface area contributed by atoms with Crippen molar-refractivity contribution in [2.75, 3.05) is 19.8 Å². The van der Waals surface area contributed by atoms with Crippen molar-refractivity contribution in [1.82, 2.24) is 4.90 Å². The highest BCUT2D eigenvalue weighted by Gasteiger charge is 2.30. The zero-order chi connectivity index (χ0) is 12.5. The Bertz CT molecular complexity index is 406. The van der Waals surface area contributed by atoms with E-state index < -0.39 is 0 Å². The van der Waals surface area contributed by atoms with Crippen molar-refractivity contribution in [1.29, 1.82) is 0 Å². The third-order valence-corrected chi connectivity index (χ3v) is 3.84. The smallest absolute Gasteiger partial charge is 0.129 e. The predicted molar refractivity (Wildman–Crippen MR) is 71.1 cm³/mol. The van der Waals surface area contributed by atoms with E-state index in [9.17, 15) is 5.11 Å². The quantitative estimate of drug-likeness (QED) is 0.911. The number of phenols is 1. The van der Waals surface area contributed by atoms with Gasteiger partial charge in [-0.1, -0.05) is 6.07 Å². The molecule has 0 aromatic heterocycles. The molecule has 0 spiro atoms. The number of morpholine rings is 1. The van der Waals surface area contributed by atoms with Crippen LogP contribution in [0.2, 0.25) is 0 Å². The zero-order valence-corrected chi connectivity index (χ0v) is 11.8. The van der Waals surface area contributed by atoms with E-state index in [0.29, 0.717) is 0 Å². The van der Waals surface area contributed by atoms with Crippen LogP contribution in [-0.2, 0) is 11.3 Å². The first-order valence-electron chi connectivity index (χ1n) is 5.79. The molecule has 1 saturated heterocycles. The summed E-state index contributed by atoms with van der Waals surface area (Å²) in [5, 5.41) is 9.47. The summed E-state index contributed by atoms with van der Waals surface area (Å²) in [6.07, 6.45) is 0. The zero-order valence-electron chi connectivity index (χ0n) is 10.2. The van der Waals surface area contributed by atoms with Crippen molar-refractivity contribution in [2.24, 2.45) is 0 Å². The highest BCUT2D eigenvalue weighted by atomic mass is 79.9. The van der Waals surface area contributed by atoms with Crippen molar-refractivity contribution in [2.45, 2.75) is 25.9 Å². The van der Waals surface area contributed by atoms with Crippen LogP contribution in [0, 0.1) is 0 Å². The molecule has 0 amide bonds. The Morgan fingerprint density at radius 2 is 2.24 bits per heavy atom. The van der Waals surface area contributed by atoms with Gasteiger partial charge in [0.1, 0.15) is 5.75 Å². The number of phenolic OH excluding ortho intramolecular Hbond substituents is 1. The van der Waals surface area contributed by atoms with E-state index in [-0.39, 0.29) is 11.3 Å². The van der Waals surface area contributed by atoms with E-state index in [4.69, 9.17) is 4.74 Å². The molecule has 1 aromatic carbocycles. The Morgan fingerprint density at radius 1 is 1.47 bits per heavy atom. The second kappa shape index (κ2) is 4.96. The Labute approximate surface area is 111 Å². The molecule has 4 heteroatoms. The molecule has 0 atom stereocenters. The summed E-state index contributed by atoms with van der Waals surface area (Å²) in [5.41, 5.74) is 1.27. The lowest BCUT2D eigenvalue weighted by molar-refractivity contribution is -0.0552. The minimum absolute atomic E-state index is 0.0720. The van der Waals surface area contributed by atoms with Gasteiger partial charge >= 0.3 is 0 Å². The molecule has 17 heavy (non-hydrogen) atoms. The summed E-state index contributed by atoms with van der Waals surface area (Å²) in [7, 11) is 0. The second-order valence-electron chi connectivity index (χ2n) is 5.07. The first kappa shape index (κ1) is 12.9. The van der Waals surface area contributed by atoms with Crippen molar-refractivity contribution in [3.8, 4) is 5.75 Å². The maximum absolute atomic E-state index is 9.47. The number of ether oxygens (including phenoxy) is 1. The van der Waals surface area contributed by atoms with E-state index in [2.05, 4.69) is 34.7 Å². The molecule has 3 nitrogen and oxygen atoms in total. The summed E-state index contributed by atoms with van der Waals surface area (Å²) in [4.78, 5) is 2.41. The Balaban J connectivity index is 2.11. The van der Waals surface area contributed by atoms with E-state index >= 15 is 0 Å². The van der Waals surface area contributed by atoms with Gasteiger partial charge in [0.2, 0.25) is 0 Å². The molecule has 94 valence electrons. The minimum Gasteiger partial charge on any atom is -0.507 e. The lowest BCUT2D eigenvalue weighted by atomic mass is 10.0. The van der Waals surface area contributed by atoms with Crippen LogP contribution in [0.25, 0.3) is 0 Å². The SMILES string of the molecule is CC1(C)COCCN1Cc1ccc(O)c(Br)c1. The Kier molecular flexibility index (Phi) is 3.76. The topological polar surface area (TPSA) is 32.7 Å². The summed E-state index contributed by atoms with van der Waals surface area (Å²) in [6.45, 7) is 7.79. The van der Waals surface area contributed by atoms with Crippen molar-refractivity contribution in [3.05, 3.63) is 28.2 Å². The van der Waals surface area contributed by atoms with Crippen LogP contribution < -0.4 is 0 Å². The van der Waals surface area contributed by atoms with Gasteiger partial charge < -0.3 is 9.84 Å². The van der Waals surface area contributed by atoms with Crippen LogP contribution in [-0.4, -0.2) is 35.3 Å². The van der Waals surface area contributed by atoms with E-state index in [0.717, 1.165) is 30.8 Å². The van der Waals surface area contributed by atoms with Crippen LogP contribution in [0.4, 0.5) is 0 Å². The summed E-state index contributed by atoms with van der Waals surface area (Å²) >= 11 is 3.35. The van der Waals surface area contributed by atoms with Crippen LogP contribution in [0.15, 0.2) is 22.7 Å². The highest BCUT2D eigenvalue weighted by molar-refractivity contribution is 9.10. The fourth-order valence-corrected chi connectivity index (χ4v) is 2.48. The Hall–Kier alpha value is -0.580. The normalized spacial score (nSPS) is 20.4. The summed E-state index contributed by atoms with van der Waals surface area (Å²) < 4.78 is 6.26. The molecule has 1 heterocycles. The number of hydrogen-bond donors (Lipinski definition) is 1. The molecular formula is C13H18BrNO2. The summed E-state index contributed by atoms with van der Waals surface area (Å²) in [5.74, 6) is 0.287. The third-order valence-electron chi connectivity index (χ3n) is 3.20. The van der Waals surface area contributed by atoms with Gasteiger partial charge in [-0.3, -0.25) is 4.90 Å². The number of benzene rings is 1. The van der Waals surface area contributed by atoms with Gasteiger partial charge in [-0.25, -0.2) is 0 Å². The molecule has 2 rings (SSSR count). The monoisotopic (exact) mass is 299 g/mol. The van der Waals surface area contributed by atoms with Crippen LogP contribution >= 0.6 is 15.9 Å². The van der Waals surface area contributed by atoms with Gasteiger partial charge in [0.05, 0.1) is 17.7 Å². The van der Waals surface area contributed by atoms with Crippen molar-refractivity contribution < 1.29 is 9.84 Å². The molecular weight excluding hydrogens is 282 g/mol. The third kappa shape index (κ3) is 3.00.